The van der Waals surface area contributed by atoms with Crippen LogP contribution in [-0.4, -0.2) is 13.2 Å². The molecule has 0 atom stereocenters. The lowest BCUT2D eigenvalue weighted by Crippen LogP contribution is -1.92. The normalized spacial score (nSPS) is 20.4. The van der Waals surface area contributed by atoms with Crippen molar-refractivity contribution in [2.24, 2.45) is 0 Å². The van der Waals surface area contributed by atoms with E-state index in [1.54, 1.807) is 12.2 Å². The molecule has 0 aromatic carbocycles. The van der Waals surface area contributed by atoms with Gasteiger partial charge in [0.05, 0.1) is 13.2 Å². The molecule has 0 saturated heterocycles. The molecule has 2 rings (SSSR count). The third-order valence-electron chi connectivity index (χ3n) is 1.54. The predicted octanol–water partition coefficient (Wildman–Crippen LogP) is 1.51. The van der Waals surface area contributed by atoms with Crippen molar-refractivity contribution in [1.82, 2.24) is 0 Å². The molecule has 0 unspecified atom stereocenters. The third-order valence-corrected chi connectivity index (χ3v) is 1.54. The summed E-state index contributed by atoms with van der Waals surface area (Å²) in [6.07, 6.45) is 4.44. The fourth-order valence-electron chi connectivity index (χ4n) is 1.01. The number of ether oxygens (including phenoxy) is 2. The smallest absolute Gasteiger partial charge is 0.170 e. The van der Waals surface area contributed by atoms with Gasteiger partial charge in [-0.15, -0.1) is 0 Å². The molecule has 0 radical (unpaired) electrons. The fraction of sp³-hybridized carbons (Fsp3) is 0.333. The minimum atomic E-state index is 0.727. The van der Waals surface area contributed by atoms with Crippen LogP contribution < -0.4 is 0 Å². The van der Waals surface area contributed by atoms with Crippen molar-refractivity contribution in [1.29, 1.82) is 0 Å². The summed E-state index contributed by atoms with van der Waals surface area (Å²) in [4.78, 5) is 0. The second kappa shape index (κ2) is 2.71. The second-order valence-corrected chi connectivity index (χ2v) is 2.36. The molecule has 0 aromatic rings. The van der Waals surface area contributed by atoms with Crippen molar-refractivity contribution < 1.29 is 9.47 Å². The van der Waals surface area contributed by atoms with Crippen molar-refractivity contribution in [2.45, 2.75) is 6.42 Å². The van der Waals surface area contributed by atoms with Gasteiger partial charge in [-0.25, -0.2) is 0 Å². The Hall–Kier alpha value is -1.36. The number of hydrogen-bond acceptors (Lipinski definition) is 2. The van der Waals surface area contributed by atoms with E-state index in [0.29, 0.717) is 0 Å². The van der Waals surface area contributed by atoms with Gasteiger partial charge in [-0.3, -0.25) is 0 Å². The van der Waals surface area contributed by atoms with Gasteiger partial charge in [0.1, 0.15) is 0 Å². The Labute approximate surface area is 65.1 Å². The first-order valence-electron chi connectivity index (χ1n) is 3.64. The Morgan fingerprint density at radius 1 is 1.00 bits per heavy atom. The second-order valence-electron chi connectivity index (χ2n) is 2.36. The van der Waals surface area contributed by atoms with E-state index in [1.807, 2.05) is 0 Å². The summed E-state index contributed by atoms with van der Waals surface area (Å²) >= 11 is 0. The average molecular weight is 148 g/mol. The fourth-order valence-corrected chi connectivity index (χ4v) is 1.01. The quantitative estimate of drug-likeness (QED) is 0.485. The van der Waals surface area contributed by atoms with Gasteiger partial charge in [0.2, 0.25) is 0 Å². The minimum absolute atomic E-state index is 0.727. The van der Waals surface area contributed by atoms with Gasteiger partial charge in [0.15, 0.2) is 11.5 Å². The van der Waals surface area contributed by atoms with E-state index < -0.39 is 0 Å². The van der Waals surface area contributed by atoms with E-state index in [1.165, 1.54) is 0 Å². The molecule has 0 saturated carbocycles. The standard InChI is InChI=1S/C9H8O2/c1-2-5-9-8(4-1)10-6-3-7-11-9/h4-5H,3,6-7H2. The zero-order valence-electron chi connectivity index (χ0n) is 6.09. The van der Waals surface area contributed by atoms with Gasteiger partial charge in [0, 0.05) is 18.6 Å². The summed E-state index contributed by atoms with van der Waals surface area (Å²) in [5.41, 5.74) is 5.64. The van der Waals surface area contributed by atoms with Gasteiger partial charge in [-0.2, -0.15) is 0 Å². The lowest BCUT2D eigenvalue weighted by molar-refractivity contribution is 0.214. The van der Waals surface area contributed by atoms with E-state index >= 15 is 0 Å². The average Bonchev–Trinajstić information content (AvgIpc) is 2.28. The molecule has 2 heteroatoms. The van der Waals surface area contributed by atoms with E-state index in [-0.39, 0.29) is 0 Å². The molecule has 2 nitrogen and oxygen atoms in total. The number of hydrogen-bond donors (Lipinski definition) is 0. The van der Waals surface area contributed by atoms with E-state index in [4.69, 9.17) is 9.47 Å². The van der Waals surface area contributed by atoms with Crippen molar-refractivity contribution in [3.8, 4) is 0 Å². The van der Waals surface area contributed by atoms with Crippen LogP contribution >= 0.6 is 0 Å². The molecule has 0 amide bonds. The summed E-state index contributed by atoms with van der Waals surface area (Å²) in [5.74, 6) is 1.56. The summed E-state index contributed by atoms with van der Waals surface area (Å²) in [7, 11) is 0. The minimum Gasteiger partial charge on any atom is -0.489 e. The van der Waals surface area contributed by atoms with Gasteiger partial charge < -0.3 is 9.47 Å². The first kappa shape index (κ1) is 6.36. The molecule has 11 heavy (non-hydrogen) atoms. The molecule has 1 heterocycles. The van der Waals surface area contributed by atoms with Crippen LogP contribution in [0.2, 0.25) is 0 Å². The zero-order valence-corrected chi connectivity index (χ0v) is 6.09. The maximum Gasteiger partial charge on any atom is 0.170 e. The van der Waals surface area contributed by atoms with Crippen molar-refractivity contribution >= 4 is 0 Å². The molecule has 0 aromatic heterocycles. The topological polar surface area (TPSA) is 18.5 Å². The Bertz CT molecular complexity index is 259. The molecular formula is C9H8O2. The van der Waals surface area contributed by atoms with Gasteiger partial charge >= 0.3 is 0 Å². The highest BCUT2D eigenvalue weighted by Gasteiger charge is 2.09. The Balaban J connectivity index is 2.29. The summed E-state index contributed by atoms with van der Waals surface area (Å²) < 4.78 is 10.7. The third kappa shape index (κ3) is 1.22. The van der Waals surface area contributed by atoms with Crippen LogP contribution in [0.25, 0.3) is 0 Å². The first-order valence-corrected chi connectivity index (χ1v) is 3.64. The lowest BCUT2D eigenvalue weighted by atomic mass is 10.3. The maximum absolute atomic E-state index is 5.37. The molecule has 2 aliphatic rings. The van der Waals surface area contributed by atoms with Crippen LogP contribution in [0.3, 0.4) is 0 Å². The monoisotopic (exact) mass is 148 g/mol. The first-order chi connectivity index (χ1) is 5.47. The molecule has 0 bridgehead atoms. The zero-order chi connectivity index (χ0) is 7.52. The van der Waals surface area contributed by atoms with Gasteiger partial charge in [0.25, 0.3) is 0 Å². The number of rotatable bonds is 0. The van der Waals surface area contributed by atoms with Gasteiger partial charge in [-0.1, -0.05) is 11.5 Å². The van der Waals surface area contributed by atoms with Crippen LogP contribution in [0.1, 0.15) is 6.42 Å². The van der Waals surface area contributed by atoms with Crippen LogP contribution in [0.15, 0.2) is 35.1 Å². The van der Waals surface area contributed by atoms with Crippen LogP contribution in [0.4, 0.5) is 0 Å². The highest BCUT2D eigenvalue weighted by molar-refractivity contribution is 5.28. The number of allylic oxidation sites excluding steroid dienone is 2. The molecule has 1 aliphatic heterocycles. The Morgan fingerprint density at radius 2 is 1.55 bits per heavy atom. The highest BCUT2D eigenvalue weighted by atomic mass is 16.5. The van der Waals surface area contributed by atoms with Gasteiger partial charge in [-0.05, 0) is 0 Å². The van der Waals surface area contributed by atoms with Crippen LogP contribution in [-0.2, 0) is 9.47 Å². The van der Waals surface area contributed by atoms with Crippen molar-refractivity contribution in [2.75, 3.05) is 13.2 Å². The van der Waals surface area contributed by atoms with Crippen molar-refractivity contribution in [3.05, 3.63) is 35.1 Å². The van der Waals surface area contributed by atoms with Crippen LogP contribution in [0, 0.1) is 0 Å². The van der Waals surface area contributed by atoms with E-state index in [2.05, 4.69) is 11.5 Å². The molecule has 0 spiro atoms. The molecule has 0 fully saturated rings. The van der Waals surface area contributed by atoms with E-state index in [9.17, 15) is 0 Å². The molecule has 56 valence electrons. The predicted molar refractivity (Wildman–Crippen MR) is 39.7 cm³/mol. The lowest BCUT2D eigenvalue weighted by Gasteiger charge is -2.05. The summed E-state index contributed by atoms with van der Waals surface area (Å²) in [6, 6.07) is 0. The molecule has 0 N–H and O–H groups in total. The summed E-state index contributed by atoms with van der Waals surface area (Å²) in [6.45, 7) is 1.45. The molecule has 1 aliphatic carbocycles. The van der Waals surface area contributed by atoms with E-state index in [0.717, 1.165) is 31.2 Å². The maximum atomic E-state index is 5.37. The van der Waals surface area contributed by atoms with Crippen molar-refractivity contribution in [3.63, 3.8) is 0 Å². The Kier molecular flexibility index (Phi) is 1.57. The Morgan fingerprint density at radius 3 is 2.09 bits per heavy atom. The largest absolute Gasteiger partial charge is 0.489 e. The molecular weight excluding hydrogens is 140 g/mol. The highest BCUT2D eigenvalue weighted by Crippen LogP contribution is 2.16. The SMILES string of the molecule is C1=C=CC2=C(C=1)OCCCO2. The summed E-state index contributed by atoms with van der Waals surface area (Å²) in [5, 5.41) is 0. The van der Waals surface area contributed by atoms with Crippen LogP contribution in [0.5, 0.6) is 0 Å².